The highest BCUT2D eigenvalue weighted by atomic mass is 16.1. The molecule has 2 N–H and O–H groups in total. The molecule has 2 aliphatic heterocycles. The number of benzene rings is 2. The van der Waals surface area contributed by atoms with E-state index in [1.807, 2.05) is 42.5 Å². The second kappa shape index (κ2) is 3.35. The molecule has 3 nitrogen and oxygen atoms in total. The smallest absolute Gasteiger partial charge is 0.189 e. The van der Waals surface area contributed by atoms with Gasteiger partial charge in [0.25, 0.3) is 0 Å². The van der Waals surface area contributed by atoms with E-state index in [0.29, 0.717) is 0 Å². The molecular formula is C15H12N2O. The number of hydrogen-bond donors (Lipinski definition) is 2. The summed E-state index contributed by atoms with van der Waals surface area (Å²) in [7, 11) is 0. The fourth-order valence-electron chi connectivity index (χ4n) is 2.87. The van der Waals surface area contributed by atoms with Gasteiger partial charge in [-0.3, -0.25) is 4.79 Å². The molecule has 2 aliphatic rings. The Morgan fingerprint density at radius 2 is 1.44 bits per heavy atom. The zero-order chi connectivity index (χ0) is 12.1. The van der Waals surface area contributed by atoms with Gasteiger partial charge in [0, 0.05) is 16.9 Å². The van der Waals surface area contributed by atoms with Crippen LogP contribution >= 0.6 is 0 Å². The van der Waals surface area contributed by atoms with Crippen LogP contribution in [0.25, 0.3) is 0 Å². The van der Waals surface area contributed by atoms with E-state index < -0.39 is 0 Å². The zero-order valence-electron chi connectivity index (χ0n) is 9.68. The molecule has 3 heteroatoms. The van der Waals surface area contributed by atoms with Crippen LogP contribution < -0.4 is 10.6 Å². The maximum Gasteiger partial charge on any atom is 0.189 e. The van der Waals surface area contributed by atoms with Crippen molar-refractivity contribution in [3.8, 4) is 0 Å². The minimum atomic E-state index is -0.183. The number of carbonyl (C=O) groups excluding carboxylic acids is 1. The molecule has 2 aromatic rings. The summed E-state index contributed by atoms with van der Waals surface area (Å²) >= 11 is 0. The van der Waals surface area contributed by atoms with Crippen molar-refractivity contribution in [3.63, 3.8) is 0 Å². The second-order valence-electron chi connectivity index (χ2n) is 4.74. The summed E-state index contributed by atoms with van der Waals surface area (Å²) in [4.78, 5) is 12.5. The van der Waals surface area contributed by atoms with Crippen molar-refractivity contribution in [3.05, 3.63) is 59.7 Å². The van der Waals surface area contributed by atoms with E-state index in [1.165, 1.54) is 5.56 Å². The van der Waals surface area contributed by atoms with E-state index in [1.54, 1.807) is 0 Å². The molecule has 0 radical (unpaired) electrons. The summed E-state index contributed by atoms with van der Waals surface area (Å²) in [5, 5.41) is 6.78. The number of nitrogens with one attached hydrogen (secondary N) is 2. The summed E-state index contributed by atoms with van der Waals surface area (Å²) in [6.45, 7) is 0. The third-order valence-corrected chi connectivity index (χ3v) is 3.73. The number of hydrogen-bond acceptors (Lipinski definition) is 3. The van der Waals surface area contributed by atoms with E-state index >= 15 is 0 Å². The Balaban J connectivity index is 1.86. The highest BCUT2D eigenvalue weighted by Crippen LogP contribution is 2.41. The van der Waals surface area contributed by atoms with Crippen LogP contribution in [-0.2, 0) is 0 Å². The second-order valence-corrected chi connectivity index (χ2v) is 4.74. The first-order chi connectivity index (χ1) is 8.84. The molecule has 0 aliphatic carbocycles. The van der Waals surface area contributed by atoms with E-state index in [0.717, 1.165) is 16.9 Å². The van der Waals surface area contributed by atoms with Crippen LogP contribution in [0.2, 0.25) is 0 Å². The van der Waals surface area contributed by atoms with Crippen LogP contribution in [0.4, 0.5) is 11.4 Å². The fourth-order valence-corrected chi connectivity index (χ4v) is 2.87. The van der Waals surface area contributed by atoms with Crippen LogP contribution in [-0.4, -0.2) is 11.8 Å². The number of Topliss-reactive ketones (excluding diaryl/α,β-unsaturated/α-hetero) is 1. The molecule has 2 unspecified atom stereocenters. The molecule has 2 atom stereocenters. The highest BCUT2D eigenvalue weighted by Gasteiger charge is 2.41. The number of anilines is 2. The number of carbonyl (C=O) groups is 1. The topological polar surface area (TPSA) is 41.1 Å². The minimum absolute atomic E-state index is 0.0450. The van der Waals surface area contributed by atoms with Crippen molar-refractivity contribution < 1.29 is 4.79 Å². The molecule has 0 saturated carbocycles. The molecule has 2 aromatic carbocycles. The highest BCUT2D eigenvalue weighted by molar-refractivity contribution is 6.09. The molecule has 4 rings (SSSR count). The maximum atomic E-state index is 12.5. The van der Waals surface area contributed by atoms with Crippen LogP contribution in [0.3, 0.4) is 0 Å². The van der Waals surface area contributed by atoms with Crippen molar-refractivity contribution in [2.24, 2.45) is 0 Å². The van der Waals surface area contributed by atoms with Crippen molar-refractivity contribution in [2.45, 2.75) is 12.1 Å². The van der Waals surface area contributed by atoms with Crippen molar-refractivity contribution in [1.29, 1.82) is 0 Å². The van der Waals surface area contributed by atoms with Crippen molar-refractivity contribution in [2.75, 3.05) is 10.6 Å². The predicted octanol–water partition coefficient (Wildman–Crippen LogP) is 2.83. The average Bonchev–Trinajstić information content (AvgIpc) is 2.79. The Bertz CT molecular complexity index is 650. The number of fused-ring (bicyclic) bond motifs is 4. The van der Waals surface area contributed by atoms with Gasteiger partial charge in [0.2, 0.25) is 0 Å². The summed E-state index contributed by atoms with van der Waals surface area (Å²) in [5.41, 5.74) is 3.94. The third-order valence-electron chi connectivity index (χ3n) is 3.73. The zero-order valence-corrected chi connectivity index (χ0v) is 9.68. The maximum absolute atomic E-state index is 12.5. The molecule has 2 heterocycles. The van der Waals surface area contributed by atoms with Gasteiger partial charge in [-0.1, -0.05) is 30.3 Å². The molecule has 0 spiro atoms. The standard InChI is InChI=1S/C15H12N2O/c18-15-10-6-2-4-8-12(10)16-13-9-5-1-3-7-11(9)17-14(13)15/h1-8,13-14,16-17H. The lowest BCUT2D eigenvalue weighted by atomic mass is 9.91. The predicted molar refractivity (Wildman–Crippen MR) is 71.0 cm³/mol. The van der Waals surface area contributed by atoms with Crippen molar-refractivity contribution >= 4 is 17.2 Å². The third kappa shape index (κ3) is 1.16. The van der Waals surface area contributed by atoms with Crippen molar-refractivity contribution in [1.82, 2.24) is 0 Å². The Kier molecular flexibility index (Phi) is 1.81. The molecule has 0 saturated heterocycles. The lowest BCUT2D eigenvalue weighted by Crippen LogP contribution is -2.38. The van der Waals surface area contributed by atoms with Gasteiger partial charge in [0.1, 0.15) is 6.04 Å². The first-order valence-electron chi connectivity index (χ1n) is 6.10. The van der Waals surface area contributed by atoms with E-state index in [9.17, 15) is 4.79 Å². The monoisotopic (exact) mass is 236 g/mol. The fraction of sp³-hybridized carbons (Fsp3) is 0.133. The normalized spacial score (nSPS) is 23.4. The van der Waals surface area contributed by atoms with Crippen LogP contribution in [0, 0.1) is 0 Å². The molecule has 0 aromatic heterocycles. The van der Waals surface area contributed by atoms with Gasteiger partial charge in [-0.2, -0.15) is 0 Å². The lowest BCUT2D eigenvalue weighted by molar-refractivity contribution is 0.0960. The number of para-hydroxylation sites is 2. The first kappa shape index (κ1) is 9.71. The summed E-state index contributed by atoms with van der Waals surface area (Å²) in [5.74, 6) is 0.172. The summed E-state index contributed by atoms with van der Waals surface area (Å²) < 4.78 is 0. The quantitative estimate of drug-likeness (QED) is 0.739. The van der Waals surface area contributed by atoms with Crippen LogP contribution in [0.5, 0.6) is 0 Å². The first-order valence-corrected chi connectivity index (χ1v) is 6.10. The summed E-state index contributed by atoms with van der Waals surface area (Å²) in [6, 6.07) is 15.6. The molecule has 0 bridgehead atoms. The number of ketones is 1. The molecular weight excluding hydrogens is 224 g/mol. The van der Waals surface area contributed by atoms with E-state index in [2.05, 4.69) is 16.7 Å². The lowest BCUT2D eigenvalue weighted by Gasteiger charge is -2.28. The minimum Gasteiger partial charge on any atom is -0.375 e. The van der Waals surface area contributed by atoms with Gasteiger partial charge in [-0.15, -0.1) is 0 Å². The van der Waals surface area contributed by atoms with Gasteiger partial charge < -0.3 is 10.6 Å². The Morgan fingerprint density at radius 1 is 0.778 bits per heavy atom. The van der Waals surface area contributed by atoms with Gasteiger partial charge in [0.15, 0.2) is 5.78 Å². The summed E-state index contributed by atoms with van der Waals surface area (Å²) in [6.07, 6.45) is 0. The van der Waals surface area contributed by atoms with Gasteiger partial charge in [-0.25, -0.2) is 0 Å². The Hall–Kier alpha value is -2.29. The Labute approximate surface area is 105 Å². The van der Waals surface area contributed by atoms with Gasteiger partial charge >= 0.3 is 0 Å². The van der Waals surface area contributed by atoms with E-state index in [4.69, 9.17) is 0 Å². The Morgan fingerprint density at radius 3 is 2.33 bits per heavy atom. The SMILES string of the molecule is O=C1c2ccccc2NC2c3ccccc3NC12. The molecule has 88 valence electrons. The van der Waals surface area contributed by atoms with Gasteiger partial charge in [0.05, 0.1) is 6.04 Å². The molecule has 0 fully saturated rings. The largest absolute Gasteiger partial charge is 0.375 e. The van der Waals surface area contributed by atoms with Crippen LogP contribution in [0.15, 0.2) is 48.5 Å². The van der Waals surface area contributed by atoms with E-state index in [-0.39, 0.29) is 17.9 Å². The van der Waals surface area contributed by atoms with Gasteiger partial charge in [-0.05, 0) is 23.8 Å². The van der Waals surface area contributed by atoms with Crippen LogP contribution in [0.1, 0.15) is 22.0 Å². The number of rotatable bonds is 0. The molecule has 0 amide bonds. The molecule has 18 heavy (non-hydrogen) atoms. The average molecular weight is 236 g/mol.